The normalized spacial score (nSPS) is 12.4. The lowest BCUT2D eigenvalue weighted by molar-refractivity contribution is -0.153. The summed E-state index contributed by atoms with van der Waals surface area (Å²) in [6.07, 6.45) is -1.30. The zero-order chi connectivity index (χ0) is 14.9. The summed E-state index contributed by atoms with van der Waals surface area (Å²) in [6, 6.07) is 5.68. The molecule has 1 heterocycles. The lowest BCUT2D eigenvalue weighted by Gasteiger charge is -2.16. The van der Waals surface area contributed by atoms with Crippen molar-refractivity contribution in [1.29, 1.82) is 0 Å². The first kappa shape index (κ1) is 14.9. The van der Waals surface area contributed by atoms with E-state index < -0.39 is 12.1 Å². The van der Waals surface area contributed by atoms with Gasteiger partial charge in [-0.3, -0.25) is 4.98 Å². The molecule has 1 aromatic carbocycles. The summed E-state index contributed by atoms with van der Waals surface area (Å²) in [7, 11) is 0. The van der Waals surface area contributed by atoms with Crippen LogP contribution >= 0.6 is 15.9 Å². The number of carbonyl (C=O) groups excluding carboxylic acids is 1. The lowest BCUT2D eigenvalue weighted by Crippen LogP contribution is -2.17. The van der Waals surface area contributed by atoms with Gasteiger partial charge in [0.2, 0.25) is 0 Å². The fourth-order valence-corrected chi connectivity index (χ4v) is 3.01. The highest BCUT2D eigenvalue weighted by molar-refractivity contribution is 9.10. The molecule has 1 N–H and O–H groups in total. The highest BCUT2D eigenvalue weighted by Crippen LogP contribution is 2.34. The Kier molecular flexibility index (Phi) is 4.40. The van der Waals surface area contributed by atoms with Crippen molar-refractivity contribution >= 4 is 32.8 Å². The number of pyridine rings is 1. The minimum absolute atomic E-state index is 0.237. The molecule has 0 radical (unpaired) electrons. The van der Waals surface area contributed by atoms with Crippen molar-refractivity contribution in [2.75, 3.05) is 6.61 Å². The summed E-state index contributed by atoms with van der Waals surface area (Å²) in [5, 5.41) is 11.0. The minimum atomic E-state index is -1.30. The van der Waals surface area contributed by atoms with Crippen LogP contribution < -0.4 is 0 Å². The van der Waals surface area contributed by atoms with Crippen LogP contribution in [0.1, 0.15) is 29.8 Å². The van der Waals surface area contributed by atoms with Gasteiger partial charge in [0.1, 0.15) is 0 Å². The first-order valence-corrected chi connectivity index (χ1v) is 7.16. The van der Waals surface area contributed by atoms with E-state index in [9.17, 15) is 9.90 Å². The van der Waals surface area contributed by atoms with E-state index in [2.05, 4.69) is 20.9 Å². The Balaban J connectivity index is 2.59. The van der Waals surface area contributed by atoms with Crippen LogP contribution in [0.15, 0.2) is 22.7 Å². The highest BCUT2D eigenvalue weighted by Gasteiger charge is 2.24. The zero-order valence-electron chi connectivity index (χ0n) is 11.6. The van der Waals surface area contributed by atoms with Crippen molar-refractivity contribution in [3.05, 3.63) is 39.5 Å². The average Bonchev–Trinajstić information content (AvgIpc) is 2.38. The van der Waals surface area contributed by atoms with Crippen LogP contribution in [0.5, 0.6) is 0 Å². The Bertz CT molecular complexity index is 670. The topological polar surface area (TPSA) is 59.4 Å². The lowest BCUT2D eigenvalue weighted by atomic mass is 10.00. The van der Waals surface area contributed by atoms with Crippen LogP contribution in [0.2, 0.25) is 0 Å². The molecular weight excluding hydrogens is 322 g/mol. The highest BCUT2D eigenvalue weighted by atomic mass is 79.9. The van der Waals surface area contributed by atoms with Gasteiger partial charge in [0.05, 0.1) is 12.1 Å². The molecule has 5 heteroatoms. The number of carbonyl (C=O) groups is 1. The number of aromatic nitrogens is 1. The molecule has 0 fully saturated rings. The van der Waals surface area contributed by atoms with Gasteiger partial charge >= 0.3 is 5.97 Å². The zero-order valence-corrected chi connectivity index (χ0v) is 13.2. The molecular formula is C15H16BrNO3. The number of aliphatic hydroxyl groups is 1. The molecule has 106 valence electrons. The number of benzene rings is 1. The molecule has 0 aliphatic carbocycles. The predicted octanol–water partition coefficient (Wildman–Crippen LogP) is 3.21. The van der Waals surface area contributed by atoms with Crippen molar-refractivity contribution in [1.82, 2.24) is 4.98 Å². The molecule has 0 saturated carbocycles. The van der Waals surface area contributed by atoms with Crippen molar-refractivity contribution in [3.63, 3.8) is 0 Å². The van der Waals surface area contributed by atoms with E-state index in [0.717, 1.165) is 22.2 Å². The number of esters is 1. The monoisotopic (exact) mass is 337 g/mol. The number of aryl methyl sites for hydroxylation is 2. The summed E-state index contributed by atoms with van der Waals surface area (Å²) in [6.45, 7) is 5.70. The first-order valence-electron chi connectivity index (χ1n) is 6.36. The number of fused-ring (bicyclic) bond motifs is 1. The van der Waals surface area contributed by atoms with Gasteiger partial charge in [-0.1, -0.05) is 0 Å². The molecule has 0 spiro atoms. The Morgan fingerprint density at radius 3 is 2.80 bits per heavy atom. The van der Waals surface area contributed by atoms with E-state index in [1.165, 1.54) is 0 Å². The second kappa shape index (κ2) is 5.89. The fraction of sp³-hybridized carbons (Fsp3) is 0.333. The standard InChI is InChI=1S/C15H16BrNO3/c1-4-20-15(19)14(18)12-8(2)7-11-10(13(12)16)6-5-9(3)17-11/h5-7,14,18H,4H2,1-3H3. The molecule has 0 saturated heterocycles. The Morgan fingerprint density at radius 1 is 1.45 bits per heavy atom. The summed E-state index contributed by atoms with van der Waals surface area (Å²) in [4.78, 5) is 16.2. The number of hydrogen-bond donors (Lipinski definition) is 1. The minimum Gasteiger partial charge on any atom is -0.464 e. The number of nitrogens with zero attached hydrogens (tertiary/aromatic N) is 1. The second-order valence-corrected chi connectivity index (χ2v) is 5.39. The predicted molar refractivity (Wildman–Crippen MR) is 80.5 cm³/mol. The smallest absolute Gasteiger partial charge is 0.339 e. The van der Waals surface area contributed by atoms with Gasteiger partial charge < -0.3 is 9.84 Å². The number of aliphatic hydroxyl groups excluding tert-OH is 1. The van der Waals surface area contributed by atoms with Gasteiger partial charge in [0, 0.05) is 21.1 Å². The van der Waals surface area contributed by atoms with Gasteiger partial charge in [-0.05, 0) is 60.5 Å². The third-order valence-electron chi connectivity index (χ3n) is 3.10. The van der Waals surface area contributed by atoms with Gasteiger partial charge in [-0.25, -0.2) is 4.79 Å². The average molecular weight is 338 g/mol. The summed E-state index contributed by atoms with van der Waals surface area (Å²) in [5.74, 6) is -0.643. The Hall–Kier alpha value is -1.46. The largest absolute Gasteiger partial charge is 0.464 e. The maximum atomic E-state index is 11.7. The summed E-state index contributed by atoms with van der Waals surface area (Å²) < 4.78 is 5.55. The first-order chi connectivity index (χ1) is 9.45. The van der Waals surface area contributed by atoms with Gasteiger partial charge in [-0.15, -0.1) is 0 Å². The quantitative estimate of drug-likeness (QED) is 0.873. The third kappa shape index (κ3) is 2.69. The number of ether oxygens (including phenoxy) is 1. The molecule has 1 aromatic heterocycles. The van der Waals surface area contributed by atoms with Crippen molar-refractivity contribution in [3.8, 4) is 0 Å². The molecule has 1 unspecified atom stereocenters. The van der Waals surface area contributed by atoms with Gasteiger partial charge in [0.25, 0.3) is 0 Å². The maximum Gasteiger partial charge on any atom is 0.339 e. The Morgan fingerprint density at radius 2 is 2.15 bits per heavy atom. The molecule has 0 aliphatic rings. The van der Waals surface area contributed by atoms with Crippen molar-refractivity contribution in [2.24, 2.45) is 0 Å². The van der Waals surface area contributed by atoms with Crippen molar-refractivity contribution < 1.29 is 14.6 Å². The molecule has 1 atom stereocenters. The molecule has 0 bridgehead atoms. The fourth-order valence-electron chi connectivity index (χ4n) is 2.15. The third-order valence-corrected chi connectivity index (χ3v) is 3.95. The van der Waals surface area contributed by atoms with E-state index in [-0.39, 0.29) is 6.61 Å². The van der Waals surface area contributed by atoms with E-state index in [0.29, 0.717) is 10.0 Å². The molecule has 4 nitrogen and oxygen atoms in total. The van der Waals surface area contributed by atoms with Gasteiger partial charge in [0.15, 0.2) is 6.10 Å². The van der Waals surface area contributed by atoms with E-state index in [4.69, 9.17) is 4.74 Å². The summed E-state index contributed by atoms with van der Waals surface area (Å²) in [5.41, 5.74) is 3.07. The molecule has 2 rings (SSSR count). The van der Waals surface area contributed by atoms with E-state index in [1.54, 1.807) is 6.92 Å². The van der Waals surface area contributed by atoms with Crippen LogP contribution in [0.4, 0.5) is 0 Å². The Labute approximate surface area is 125 Å². The molecule has 0 amide bonds. The molecule has 0 aliphatic heterocycles. The second-order valence-electron chi connectivity index (χ2n) is 4.60. The molecule has 20 heavy (non-hydrogen) atoms. The van der Waals surface area contributed by atoms with Gasteiger partial charge in [-0.2, -0.15) is 0 Å². The van der Waals surface area contributed by atoms with Crippen molar-refractivity contribution in [2.45, 2.75) is 26.9 Å². The van der Waals surface area contributed by atoms with Crippen LogP contribution in [-0.4, -0.2) is 22.7 Å². The number of hydrogen-bond acceptors (Lipinski definition) is 4. The number of rotatable bonds is 3. The number of halogens is 1. The van der Waals surface area contributed by atoms with Crippen LogP contribution in [-0.2, 0) is 9.53 Å². The SMILES string of the molecule is CCOC(=O)C(O)c1c(C)cc2nc(C)ccc2c1Br. The van der Waals surface area contributed by atoms with Crippen LogP contribution in [0.25, 0.3) is 10.9 Å². The van der Waals surface area contributed by atoms with E-state index >= 15 is 0 Å². The molecule has 2 aromatic rings. The summed E-state index contributed by atoms with van der Waals surface area (Å²) >= 11 is 3.47. The van der Waals surface area contributed by atoms with Crippen LogP contribution in [0.3, 0.4) is 0 Å². The maximum absolute atomic E-state index is 11.7. The van der Waals surface area contributed by atoms with E-state index in [1.807, 2.05) is 32.0 Å². The van der Waals surface area contributed by atoms with Crippen LogP contribution in [0, 0.1) is 13.8 Å².